The van der Waals surface area contributed by atoms with Crippen molar-refractivity contribution in [3.63, 3.8) is 0 Å². The summed E-state index contributed by atoms with van der Waals surface area (Å²) in [7, 11) is 3.72. The largest absolute Gasteiger partial charge is 0.341 e. The van der Waals surface area contributed by atoms with Gasteiger partial charge >= 0.3 is 0 Å². The molecular weight excluding hydrogens is 164 g/mol. The van der Waals surface area contributed by atoms with Crippen LogP contribution in [0.3, 0.4) is 0 Å². The van der Waals surface area contributed by atoms with Gasteiger partial charge in [-0.2, -0.15) is 0 Å². The fourth-order valence-corrected chi connectivity index (χ4v) is 1.52. The first-order valence-electron chi connectivity index (χ1n) is 5.02. The van der Waals surface area contributed by atoms with E-state index in [2.05, 4.69) is 12.2 Å². The Balaban J connectivity index is 2.44. The fourth-order valence-electron chi connectivity index (χ4n) is 1.52. The van der Waals surface area contributed by atoms with E-state index in [1.807, 2.05) is 25.9 Å². The Morgan fingerprint density at radius 1 is 1.46 bits per heavy atom. The third kappa shape index (κ3) is 2.44. The lowest BCUT2D eigenvalue weighted by molar-refractivity contribution is -0.133. The molecule has 3 nitrogen and oxygen atoms in total. The molecule has 1 saturated carbocycles. The smallest absolute Gasteiger partial charge is 0.239 e. The highest BCUT2D eigenvalue weighted by Crippen LogP contribution is 2.34. The molecule has 0 aromatic rings. The monoisotopic (exact) mass is 184 g/mol. The Labute approximate surface area is 80.5 Å². The molecule has 0 aliphatic heterocycles. The summed E-state index contributed by atoms with van der Waals surface area (Å²) in [4.78, 5) is 13.6. The molecule has 0 radical (unpaired) electrons. The van der Waals surface area contributed by atoms with Gasteiger partial charge in [-0.1, -0.05) is 0 Å². The van der Waals surface area contributed by atoms with Gasteiger partial charge in [0.25, 0.3) is 0 Å². The van der Waals surface area contributed by atoms with Crippen LogP contribution in [0.2, 0.25) is 0 Å². The zero-order chi connectivity index (χ0) is 10.0. The number of rotatable bonds is 4. The van der Waals surface area contributed by atoms with Gasteiger partial charge in [0, 0.05) is 13.1 Å². The Bertz CT molecular complexity index is 189. The maximum absolute atomic E-state index is 11.7. The third-order valence-electron chi connectivity index (χ3n) is 3.07. The number of hydrogen-bond donors (Lipinski definition) is 1. The molecular formula is C10H20N2O. The Morgan fingerprint density at radius 2 is 2.00 bits per heavy atom. The molecule has 0 bridgehead atoms. The maximum Gasteiger partial charge on any atom is 0.239 e. The van der Waals surface area contributed by atoms with Crippen LogP contribution < -0.4 is 5.32 Å². The van der Waals surface area contributed by atoms with Crippen LogP contribution in [-0.2, 0) is 4.79 Å². The molecule has 2 unspecified atom stereocenters. The van der Waals surface area contributed by atoms with Crippen molar-refractivity contribution in [2.75, 3.05) is 14.1 Å². The summed E-state index contributed by atoms with van der Waals surface area (Å²) in [6.45, 7) is 4.04. The molecule has 1 amide bonds. The summed E-state index contributed by atoms with van der Waals surface area (Å²) in [6.07, 6.45) is 2.57. The number of likely N-dealkylation sites (N-methyl/N-ethyl adjacent to an activating group) is 2. The van der Waals surface area contributed by atoms with Crippen molar-refractivity contribution < 1.29 is 4.79 Å². The average Bonchev–Trinajstić information content (AvgIpc) is 2.96. The molecule has 1 N–H and O–H groups in total. The number of nitrogens with zero attached hydrogens (tertiary/aromatic N) is 1. The number of carbonyl (C=O) groups excluding carboxylic acids is 1. The van der Waals surface area contributed by atoms with Crippen LogP contribution in [0.25, 0.3) is 0 Å². The first-order chi connectivity index (χ1) is 6.07. The highest BCUT2D eigenvalue weighted by atomic mass is 16.2. The van der Waals surface area contributed by atoms with Crippen LogP contribution in [0.5, 0.6) is 0 Å². The second-order valence-corrected chi connectivity index (χ2v) is 4.04. The highest BCUT2D eigenvalue weighted by molar-refractivity contribution is 5.81. The Morgan fingerprint density at radius 3 is 2.38 bits per heavy atom. The van der Waals surface area contributed by atoms with E-state index < -0.39 is 0 Å². The predicted octanol–water partition coefficient (Wildman–Crippen LogP) is 0.851. The maximum atomic E-state index is 11.7. The average molecular weight is 184 g/mol. The van der Waals surface area contributed by atoms with E-state index in [4.69, 9.17) is 0 Å². The van der Waals surface area contributed by atoms with Crippen LogP contribution >= 0.6 is 0 Å². The van der Waals surface area contributed by atoms with E-state index >= 15 is 0 Å². The number of amides is 1. The third-order valence-corrected chi connectivity index (χ3v) is 3.07. The van der Waals surface area contributed by atoms with Crippen LogP contribution in [0.1, 0.15) is 26.7 Å². The van der Waals surface area contributed by atoms with Crippen LogP contribution in [0.15, 0.2) is 0 Å². The summed E-state index contributed by atoms with van der Waals surface area (Å²) >= 11 is 0. The van der Waals surface area contributed by atoms with Crippen LogP contribution in [0.4, 0.5) is 0 Å². The molecule has 0 aromatic heterocycles. The molecule has 0 spiro atoms. The number of nitrogens with one attached hydrogen (secondary N) is 1. The zero-order valence-electron chi connectivity index (χ0n) is 9.00. The first kappa shape index (κ1) is 10.5. The van der Waals surface area contributed by atoms with Gasteiger partial charge in [0.1, 0.15) is 0 Å². The lowest BCUT2D eigenvalue weighted by Gasteiger charge is -2.27. The summed E-state index contributed by atoms with van der Waals surface area (Å²) in [5, 5.41) is 2.97. The van der Waals surface area contributed by atoms with E-state index in [0.717, 1.165) is 5.92 Å². The summed E-state index contributed by atoms with van der Waals surface area (Å²) in [5.74, 6) is 0.944. The van der Waals surface area contributed by atoms with Crippen molar-refractivity contribution in [1.29, 1.82) is 0 Å². The van der Waals surface area contributed by atoms with Crippen molar-refractivity contribution in [2.45, 2.75) is 38.8 Å². The molecule has 1 rings (SSSR count). The van der Waals surface area contributed by atoms with Gasteiger partial charge in [0.2, 0.25) is 5.91 Å². The summed E-state index contributed by atoms with van der Waals surface area (Å²) in [6, 6.07) is 0.342. The van der Waals surface area contributed by atoms with Gasteiger partial charge in [0.05, 0.1) is 6.04 Å². The normalized spacial score (nSPS) is 20.9. The number of carbonyl (C=O) groups is 1. The van der Waals surface area contributed by atoms with Crippen LogP contribution in [-0.4, -0.2) is 37.0 Å². The van der Waals surface area contributed by atoms with Gasteiger partial charge in [-0.25, -0.2) is 0 Å². The highest BCUT2D eigenvalue weighted by Gasteiger charge is 2.33. The minimum atomic E-state index is -0.0637. The second kappa shape index (κ2) is 4.09. The summed E-state index contributed by atoms with van der Waals surface area (Å²) in [5.41, 5.74) is 0. The van der Waals surface area contributed by atoms with Crippen LogP contribution in [0, 0.1) is 5.92 Å². The van der Waals surface area contributed by atoms with Gasteiger partial charge in [0.15, 0.2) is 0 Å². The predicted molar refractivity (Wildman–Crippen MR) is 53.5 cm³/mol. The van der Waals surface area contributed by atoms with Gasteiger partial charge in [-0.15, -0.1) is 0 Å². The van der Waals surface area contributed by atoms with Gasteiger partial charge in [-0.3, -0.25) is 4.79 Å². The lowest BCUT2D eigenvalue weighted by Crippen LogP contribution is -2.46. The number of hydrogen-bond acceptors (Lipinski definition) is 2. The van der Waals surface area contributed by atoms with E-state index in [9.17, 15) is 4.79 Å². The van der Waals surface area contributed by atoms with Crippen molar-refractivity contribution in [3.05, 3.63) is 0 Å². The molecule has 0 heterocycles. The van der Waals surface area contributed by atoms with Crippen molar-refractivity contribution in [2.24, 2.45) is 5.92 Å². The Hall–Kier alpha value is -0.570. The minimum Gasteiger partial charge on any atom is -0.341 e. The molecule has 1 fully saturated rings. The van der Waals surface area contributed by atoms with E-state index in [1.165, 1.54) is 12.8 Å². The molecule has 1 aliphatic carbocycles. The SMILES string of the molecule is CNC(C)C(=O)N(C)C(C)C1CC1. The lowest BCUT2D eigenvalue weighted by atomic mass is 10.1. The standard InChI is InChI=1S/C10H20N2O/c1-7(11-3)10(13)12(4)8(2)9-5-6-9/h7-9,11H,5-6H2,1-4H3. The molecule has 3 heteroatoms. The van der Waals surface area contributed by atoms with Crippen molar-refractivity contribution >= 4 is 5.91 Å². The van der Waals surface area contributed by atoms with Crippen molar-refractivity contribution in [1.82, 2.24) is 10.2 Å². The zero-order valence-corrected chi connectivity index (χ0v) is 9.00. The van der Waals surface area contributed by atoms with Gasteiger partial charge in [-0.05, 0) is 39.7 Å². The quantitative estimate of drug-likeness (QED) is 0.702. The Kier molecular flexibility index (Phi) is 3.31. The molecule has 1 aliphatic rings. The topological polar surface area (TPSA) is 32.3 Å². The van der Waals surface area contributed by atoms with E-state index in [1.54, 1.807) is 0 Å². The minimum absolute atomic E-state index is 0.0637. The van der Waals surface area contributed by atoms with E-state index in [-0.39, 0.29) is 11.9 Å². The molecule has 0 saturated heterocycles. The first-order valence-corrected chi connectivity index (χ1v) is 5.02. The molecule has 0 aromatic carbocycles. The molecule has 2 atom stereocenters. The molecule has 76 valence electrons. The summed E-state index contributed by atoms with van der Waals surface area (Å²) < 4.78 is 0. The van der Waals surface area contributed by atoms with Gasteiger partial charge < -0.3 is 10.2 Å². The second-order valence-electron chi connectivity index (χ2n) is 4.04. The van der Waals surface area contributed by atoms with E-state index in [0.29, 0.717) is 6.04 Å². The van der Waals surface area contributed by atoms with Crippen molar-refractivity contribution in [3.8, 4) is 0 Å². The fraction of sp³-hybridized carbons (Fsp3) is 0.900. The molecule has 13 heavy (non-hydrogen) atoms.